The molecule has 0 fully saturated rings. The lowest BCUT2D eigenvalue weighted by Crippen LogP contribution is -2.07. The third-order valence-electron chi connectivity index (χ3n) is 2.91. The van der Waals surface area contributed by atoms with Crippen LogP contribution in [0.2, 0.25) is 0 Å². The van der Waals surface area contributed by atoms with Crippen LogP contribution in [0, 0.1) is 0 Å². The monoisotopic (exact) mass is 297 g/mol. The first-order valence-electron chi connectivity index (χ1n) is 6.12. The Balaban J connectivity index is 2.10. The second kappa shape index (κ2) is 5.95. The molecule has 0 aliphatic heterocycles. The quantitative estimate of drug-likeness (QED) is 0.871. The lowest BCUT2D eigenvalue weighted by Gasteiger charge is -2.12. The van der Waals surface area contributed by atoms with Gasteiger partial charge in [0.05, 0.1) is 12.7 Å². The van der Waals surface area contributed by atoms with Gasteiger partial charge in [-0.3, -0.25) is 0 Å². The number of halogens is 3. The van der Waals surface area contributed by atoms with E-state index in [1.807, 2.05) is 0 Å². The fourth-order valence-electron chi connectivity index (χ4n) is 1.75. The van der Waals surface area contributed by atoms with E-state index < -0.39 is 11.7 Å². The zero-order valence-electron chi connectivity index (χ0n) is 11.3. The molecule has 112 valence electrons. The molecule has 0 aromatic heterocycles. The summed E-state index contributed by atoms with van der Waals surface area (Å²) >= 11 is 0. The molecule has 0 aliphatic rings. The van der Waals surface area contributed by atoms with Gasteiger partial charge in [0.2, 0.25) is 0 Å². The number of rotatable bonds is 4. The van der Waals surface area contributed by atoms with Crippen molar-refractivity contribution in [2.24, 2.45) is 0 Å². The smallest absolute Gasteiger partial charge is 0.416 e. The lowest BCUT2D eigenvalue weighted by molar-refractivity contribution is -0.137. The van der Waals surface area contributed by atoms with Crippen molar-refractivity contribution in [1.29, 1.82) is 0 Å². The number of ether oxygens (including phenoxy) is 2. The number of methoxy groups -OCH3 is 1. The molecule has 0 saturated carbocycles. The van der Waals surface area contributed by atoms with Crippen molar-refractivity contribution in [1.82, 2.24) is 0 Å². The summed E-state index contributed by atoms with van der Waals surface area (Å²) in [5.74, 6) is 1.18. The Labute approximate surface area is 120 Å². The molecule has 0 atom stereocenters. The maximum atomic E-state index is 12.5. The topological polar surface area (TPSA) is 44.5 Å². The van der Waals surface area contributed by atoms with E-state index in [1.54, 1.807) is 24.3 Å². The second-order valence-electron chi connectivity index (χ2n) is 4.38. The molecule has 0 radical (unpaired) electrons. The highest BCUT2D eigenvalue weighted by Gasteiger charge is 2.30. The van der Waals surface area contributed by atoms with E-state index in [2.05, 4.69) is 0 Å². The number of hydrogen-bond donors (Lipinski definition) is 1. The molecule has 2 rings (SSSR count). The van der Waals surface area contributed by atoms with Gasteiger partial charge in [-0.25, -0.2) is 0 Å². The van der Waals surface area contributed by atoms with E-state index in [0.717, 1.165) is 12.1 Å². The lowest BCUT2D eigenvalue weighted by atomic mass is 10.1. The highest BCUT2D eigenvalue weighted by molar-refractivity contribution is 5.49. The predicted octanol–water partition coefficient (Wildman–Crippen LogP) is 3.88. The van der Waals surface area contributed by atoms with Crippen LogP contribution in [-0.2, 0) is 12.8 Å². The van der Waals surface area contributed by atoms with Crippen LogP contribution in [-0.4, -0.2) is 7.11 Å². The molecule has 0 saturated heterocycles. The van der Waals surface area contributed by atoms with Crippen molar-refractivity contribution in [3.8, 4) is 11.5 Å². The Kier molecular flexibility index (Phi) is 4.26. The van der Waals surface area contributed by atoms with E-state index in [0.29, 0.717) is 17.1 Å². The van der Waals surface area contributed by atoms with E-state index in [-0.39, 0.29) is 12.3 Å². The van der Waals surface area contributed by atoms with Gasteiger partial charge in [0, 0.05) is 17.3 Å². The Morgan fingerprint density at radius 1 is 1.05 bits per heavy atom. The maximum Gasteiger partial charge on any atom is 0.416 e. The van der Waals surface area contributed by atoms with Crippen molar-refractivity contribution in [3.05, 3.63) is 53.6 Å². The normalized spacial score (nSPS) is 11.2. The molecule has 2 aromatic rings. The summed E-state index contributed by atoms with van der Waals surface area (Å²) in [6.45, 7) is 0.0805. The summed E-state index contributed by atoms with van der Waals surface area (Å²) in [6.07, 6.45) is -4.40. The Morgan fingerprint density at radius 3 is 2.38 bits per heavy atom. The molecule has 6 heteroatoms. The van der Waals surface area contributed by atoms with E-state index >= 15 is 0 Å². The number of alkyl halides is 3. The van der Waals surface area contributed by atoms with Crippen molar-refractivity contribution in [3.63, 3.8) is 0 Å². The van der Waals surface area contributed by atoms with Gasteiger partial charge >= 0.3 is 6.18 Å². The van der Waals surface area contributed by atoms with E-state index in [4.69, 9.17) is 15.2 Å². The largest absolute Gasteiger partial charge is 0.497 e. The first-order valence-corrected chi connectivity index (χ1v) is 6.12. The Morgan fingerprint density at radius 2 is 1.76 bits per heavy atom. The van der Waals surface area contributed by atoms with Crippen molar-refractivity contribution in [2.45, 2.75) is 12.8 Å². The van der Waals surface area contributed by atoms with Crippen molar-refractivity contribution < 1.29 is 22.6 Å². The fraction of sp³-hybridized carbons (Fsp3) is 0.200. The number of benzene rings is 2. The van der Waals surface area contributed by atoms with Crippen LogP contribution in [0.5, 0.6) is 11.5 Å². The highest BCUT2D eigenvalue weighted by Crippen LogP contribution is 2.31. The maximum absolute atomic E-state index is 12.5. The van der Waals surface area contributed by atoms with Crippen LogP contribution < -0.4 is 15.2 Å². The molecule has 2 N–H and O–H groups in total. The van der Waals surface area contributed by atoms with Gasteiger partial charge in [-0.15, -0.1) is 0 Å². The zero-order chi connectivity index (χ0) is 15.5. The van der Waals surface area contributed by atoms with Crippen LogP contribution in [0.4, 0.5) is 18.9 Å². The standard InChI is InChI=1S/C15H14F3NO2/c1-20-12-3-2-4-13(8-12)21-9-10-5-6-11(7-14(10)19)15(16,17)18/h2-8H,9,19H2,1H3. The third-order valence-corrected chi connectivity index (χ3v) is 2.91. The Hall–Kier alpha value is -2.37. The van der Waals surface area contributed by atoms with Crippen LogP contribution in [0.25, 0.3) is 0 Å². The van der Waals surface area contributed by atoms with Gasteiger partial charge in [-0.2, -0.15) is 13.2 Å². The second-order valence-corrected chi connectivity index (χ2v) is 4.38. The molecule has 0 amide bonds. The van der Waals surface area contributed by atoms with Crippen LogP contribution in [0.3, 0.4) is 0 Å². The average molecular weight is 297 g/mol. The summed E-state index contributed by atoms with van der Waals surface area (Å²) in [5.41, 5.74) is 5.40. The van der Waals surface area contributed by atoms with E-state index in [1.165, 1.54) is 13.2 Å². The number of nitrogens with two attached hydrogens (primary N) is 1. The molecule has 3 nitrogen and oxygen atoms in total. The predicted molar refractivity (Wildman–Crippen MR) is 73.2 cm³/mol. The molecule has 0 bridgehead atoms. The van der Waals surface area contributed by atoms with Crippen LogP contribution >= 0.6 is 0 Å². The van der Waals surface area contributed by atoms with Gasteiger partial charge in [-0.05, 0) is 24.3 Å². The van der Waals surface area contributed by atoms with Crippen LogP contribution in [0.1, 0.15) is 11.1 Å². The summed E-state index contributed by atoms with van der Waals surface area (Å²) in [4.78, 5) is 0. The molecular formula is C15H14F3NO2. The van der Waals surface area contributed by atoms with Crippen molar-refractivity contribution >= 4 is 5.69 Å². The van der Waals surface area contributed by atoms with E-state index in [9.17, 15) is 13.2 Å². The first kappa shape index (κ1) is 15.0. The van der Waals surface area contributed by atoms with Crippen molar-refractivity contribution in [2.75, 3.05) is 12.8 Å². The summed E-state index contributed by atoms with van der Waals surface area (Å²) in [5, 5.41) is 0. The molecule has 2 aromatic carbocycles. The third kappa shape index (κ3) is 3.81. The summed E-state index contributed by atoms with van der Waals surface area (Å²) < 4.78 is 48.2. The molecule has 0 aliphatic carbocycles. The van der Waals surface area contributed by atoms with Gasteiger partial charge in [-0.1, -0.05) is 12.1 Å². The fourth-order valence-corrected chi connectivity index (χ4v) is 1.75. The average Bonchev–Trinajstić information content (AvgIpc) is 2.45. The molecule has 0 heterocycles. The van der Waals surface area contributed by atoms with Crippen LogP contribution in [0.15, 0.2) is 42.5 Å². The molecule has 0 spiro atoms. The van der Waals surface area contributed by atoms with Gasteiger partial charge in [0.25, 0.3) is 0 Å². The molecule has 21 heavy (non-hydrogen) atoms. The SMILES string of the molecule is COc1cccc(OCc2ccc(C(F)(F)F)cc2N)c1. The summed E-state index contributed by atoms with van der Waals surface area (Å²) in [6, 6.07) is 10.1. The highest BCUT2D eigenvalue weighted by atomic mass is 19.4. The molecule has 0 unspecified atom stereocenters. The number of anilines is 1. The first-order chi connectivity index (χ1) is 9.90. The Bertz CT molecular complexity index is 627. The summed E-state index contributed by atoms with van der Waals surface area (Å²) in [7, 11) is 1.53. The minimum absolute atomic E-state index is 0.0488. The minimum atomic E-state index is -4.40. The minimum Gasteiger partial charge on any atom is -0.497 e. The van der Waals surface area contributed by atoms with Gasteiger partial charge < -0.3 is 15.2 Å². The number of hydrogen-bond acceptors (Lipinski definition) is 3. The zero-order valence-corrected chi connectivity index (χ0v) is 11.3. The van der Waals surface area contributed by atoms with Gasteiger partial charge in [0.15, 0.2) is 0 Å². The molecular weight excluding hydrogens is 283 g/mol. The van der Waals surface area contributed by atoms with Gasteiger partial charge in [0.1, 0.15) is 18.1 Å². The number of nitrogen functional groups attached to an aromatic ring is 1.